The first-order valence-corrected chi connectivity index (χ1v) is 9.27. The molecular weight excluding hydrogens is 342 g/mol. The summed E-state index contributed by atoms with van der Waals surface area (Å²) in [5, 5.41) is 1.40. The average Bonchev–Trinajstić information content (AvgIpc) is 2.81. The Morgan fingerprint density at radius 2 is 1.86 bits per heavy atom. The van der Waals surface area contributed by atoms with Gasteiger partial charge in [0, 0.05) is 29.6 Å². The molecule has 2 rings (SSSR count). The van der Waals surface area contributed by atoms with Gasteiger partial charge >= 0.3 is 0 Å². The second-order valence-corrected chi connectivity index (χ2v) is 8.68. The minimum atomic E-state index is -3.49. The summed E-state index contributed by atoms with van der Waals surface area (Å²) >= 11 is 7.38. The zero-order chi connectivity index (χ0) is 16.5. The lowest BCUT2D eigenvalue weighted by atomic mass is 10.1. The van der Waals surface area contributed by atoms with Crippen molar-refractivity contribution in [1.29, 1.82) is 0 Å². The number of benzene rings is 1. The lowest BCUT2D eigenvalue weighted by Gasteiger charge is -2.16. The normalized spacial score (nSPS) is 13.5. The van der Waals surface area contributed by atoms with Crippen LogP contribution in [0.2, 0.25) is 5.02 Å². The van der Waals surface area contributed by atoms with Crippen molar-refractivity contribution in [2.45, 2.75) is 19.9 Å². The van der Waals surface area contributed by atoms with Crippen LogP contribution < -0.4 is 4.72 Å². The predicted octanol–water partition coefficient (Wildman–Crippen LogP) is 3.23. The van der Waals surface area contributed by atoms with Gasteiger partial charge in [-0.3, -0.25) is 0 Å². The van der Waals surface area contributed by atoms with Crippen molar-refractivity contribution in [3.8, 4) is 11.3 Å². The number of aromatic nitrogens is 1. The smallest absolute Gasteiger partial charge is 0.239 e. The number of hydrogen-bond acceptors (Lipinski definition) is 4. The summed E-state index contributed by atoms with van der Waals surface area (Å²) in [4.78, 5) is 5.62. The highest BCUT2D eigenvalue weighted by atomic mass is 35.5. The van der Waals surface area contributed by atoms with Gasteiger partial charge in [-0.05, 0) is 26.0 Å². The lowest BCUT2D eigenvalue weighted by Crippen LogP contribution is -2.37. The van der Waals surface area contributed by atoms with Crippen LogP contribution in [-0.4, -0.2) is 31.8 Å². The van der Waals surface area contributed by atoms with E-state index in [1.165, 1.54) is 25.4 Å². The first kappa shape index (κ1) is 17.4. The molecule has 2 aromatic rings. The molecule has 1 atom stereocenters. The third-order valence-electron chi connectivity index (χ3n) is 3.11. The number of nitrogens with one attached hydrogen (secondary N) is 1. The van der Waals surface area contributed by atoms with Crippen LogP contribution >= 0.6 is 22.9 Å². The third kappa shape index (κ3) is 3.85. The van der Waals surface area contributed by atoms with E-state index in [9.17, 15) is 8.42 Å². The maximum atomic E-state index is 11.9. The summed E-state index contributed by atoms with van der Waals surface area (Å²) in [7, 11) is -0.512. The van der Waals surface area contributed by atoms with Gasteiger partial charge in [-0.1, -0.05) is 23.7 Å². The average molecular weight is 360 g/mol. The Bertz CT molecular complexity index is 755. The monoisotopic (exact) mass is 359 g/mol. The summed E-state index contributed by atoms with van der Waals surface area (Å²) in [5.41, 5.74) is 1.82. The predicted molar refractivity (Wildman–Crippen MR) is 91.5 cm³/mol. The molecule has 8 heteroatoms. The molecule has 0 radical (unpaired) electrons. The quantitative estimate of drug-likeness (QED) is 0.891. The number of aryl methyl sites for hydroxylation is 1. The van der Waals surface area contributed by atoms with Gasteiger partial charge in [0.2, 0.25) is 0 Å². The van der Waals surface area contributed by atoms with Gasteiger partial charge in [-0.2, -0.15) is 17.4 Å². The van der Waals surface area contributed by atoms with E-state index in [2.05, 4.69) is 9.71 Å². The standard InChI is InChI=1S/C14H18ClN3O2S2/c1-9(17-22(19,20)18(3)4)14-16-13(10(2)21-14)11-5-7-12(15)8-6-11/h5-9,17H,1-4H3. The molecule has 22 heavy (non-hydrogen) atoms. The number of hydrogen-bond donors (Lipinski definition) is 1. The maximum absolute atomic E-state index is 11.9. The Morgan fingerprint density at radius 1 is 1.27 bits per heavy atom. The third-order valence-corrected chi connectivity index (χ3v) is 6.13. The Kier molecular flexibility index (Phi) is 5.24. The van der Waals surface area contributed by atoms with Crippen LogP contribution in [0.3, 0.4) is 0 Å². The zero-order valence-electron chi connectivity index (χ0n) is 12.8. The number of thiazole rings is 1. The van der Waals surface area contributed by atoms with Crippen LogP contribution in [0, 0.1) is 6.92 Å². The molecule has 0 bridgehead atoms. The SMILES string of the molecule is Cc1sc(C(C)NS(=O)(=O)N(C)C)nc1-c1ccc(Cl)cc1. The number of nitrogens with zero attached hydrogens (tertiary/aromatic N) is 2. The van der Waals surface area contributed by atoms with E-state index in [4.69, 9.17) is 11.6 Å². The molecule has 0 fully saturated rings. The van der Waals surface area contributed by atoms with E-state index in [0.29, 0.717) is 5.02 Å². The van der Waals surface area contributed by atoms with Crippen molar-refractivity contribution in [1.82, 2.24) is 14.0 Å². The van der Waals surface area contributed by atoms with Crippen molar-refractivity contribution in [3.05, 3.63) is 39.2 Å². The fourth-order valence-electron chi connectivity index (χ4n) is 1.86. The van der Waals surface area contributed by atoms with Crippen LogP contribution in [-0.2, 0) is 10.2 Å². The molecule has 0 saturated carbocycles. The van der Waals surface area contributed by atoms with Crippen molar-refractivity contribution >= 4 is 33.1 Å². The number of rotatable bonds is 5. The minimum Gasteiger partial charge on any atom is -0.239 e. The molecule has 1 aromatic heterocycles. The Hall–Kier alpha value is -0.990. The Balaban J connectivity index is 2.28. The highest BCUT2D eigenvalue weighted by Gasteiger charge is 2.21. The molecular formula is C14H18ClN3O2S2. The van der Waals surface area contributed by atoms with Crippen molar-refractivity contribution < 1.29 is 8.42 Å². The lowest BCUT2D eigenvalue weighted by molar-refractivity contribution is 0.494. The van der Waals surface area contributed by atoms with Crippen LogP contribution in [0.5, 0.6) is 0 Å². The highest BCUT2D eigenvalue weighted by Crippen LogP contribution is 2.31. The maximum Gasteiger partial charge on any atom is 0.279 e. The molecule has 0 aliphatic rings. The van der Waals surface area contributed by atoms with E-state index in [1.54, 1.807) is 6.92 Å². The molecule has 0 aliphatic carbocycles. The molecule has 120 valence electrons. The van der Waals surface area contributed by atoms with Crippen LogP contribution in [0.1, 0.15) is 22.9 Å². The van der Waals surface area contributed by atoms with Crippen LogP contribution in [0.4, 0.5) is 0 Å². The first-order valence-electron chi connectivity index (χ1n) is 6.63. The van der Waals surface area contributed by atoms with Crippen molar-refractivity contribution in [3.63, 3.8) is 0 Å². The zero-order valence-corrected chi connectivity index (χ0v) is 15.2. The molecule has 0 spiro atoms. The van der Waals surface area contributed by atoms with Gasteiger partial charge in [0.05, 0.1) is 11.7 Å². The second kappa shape index (κ2) is 6.64. The van der Waals surface area contributed by atoms with Gasteiger partial charge in [0.25, 0.3) is 10.2 Å². The van der Waals surface area contributed by atoms with E-state index in [1.807, 2.05) is 31.2 Å². The molecule has 0 saturated heterocycles. The van der Waals surface area contributed by atoms with Gasteiger partial charge in [0.15, 0.2) is 0 Å². The van der Waals surface area contributed by atoms with Gasteiger partial charge in [-0.15, -0.1) is 11.3 Å². The molecule has 1 unspecified atom stereocenters. The van der Waals surface area contributed by atoms with Crippen molar-refractivity contribution in [2.75, 3.05) is 14.1 Å². The van der Waals surface area contributed by atoms with Gasteiger partial charge < -0.3 is 0 Å². The first-order chi connectivity index (χ1) is 10.2. The molecule has 5 nitrogen and oxygen atoms in total. The molecule has 0 amide bonds. The molecule has 1 aromatic carbocycles. The van der Waals surface area contributed by atoms with E-state index in [-0.39, 0.29) is 0 Å². The largest absolute Gasteiger partial charge is 0.279 e. The second-order valence-electron chi connectivity index (χ2n) is 5.09. The summed E-state index contributed by atoms with van der Waals surface area (Å²) in [6.07, 6.45) is 0. The molecule has 1 N–H and O–H groups in total. The van der Waals surface area contributed by atoms with Crippen LogP contribution in [0.25, 0.3) is 11.3 Å². The summed E-state index contributed by atoms with van der Waals surface area (Å²) in [6, 6.07) is 7.05. The fraction of sp³-hybridized carbons (Fsp3) is 0.357. The fourth-order valence-corrected chi connectivity index (χ4v) is 3.77. The van der Waals surface area contributed by atoms with E-state index in [0.717, 1.165) is 25.4 Å². The van der Waals surface area contributed by atoms with E-state index < -0.39 is 16.3 Å². The Morgan fingerprint density at radius 3 is 2.41 bits per heavy atom. The molecule has 0 aliphatic heterocycles. The summed E-state index contributed by atoms with van der Waals surface area (Å²) < 4.78 is 27.5. The van der Waals surface area contributed by atoms with Crippen molar-refractivity contribution in [2.24, 2.45) is 0 Å². The minimum absolute atomic E-state index is 0.392. The van der Waals surface area contributed by atoms with Gasteiger partial charge in [0.1, 0.15) is 5.01 Å². The highest BCUT2D eigenvalue weighted by molar-refractivity contribution is 7.87. The van der Waals surface area contributed by atoms with Crippen LogP contribution in [0.15, 0.2) is 24.3 Å². The van der Waals surface area contributed by atoms with E-state index >= 15 is 0 Å². The van der Waals surface area contributed by atoms with Gasteiger partial charge in [-0.25, -0.2) is 4.98 Å². The summed E-state index contributed by atoms with van der Waals surface area (Å²) in [5.74, 6) is 0. The molecule has 1 heterocycles. The summed E-state index contributed by atoms with van der Waals surface area (Å²) in [6.45, 7) is 3.75. The topological polar surface area (TPSA) is 62.3 Å². The number of halogens is 1. The Labute approximate surface area is 140 Å².